The smallest absolute Gasteiger partial charge is 0.410 e. The van der Waals surface area contributed by atoms with Gasteiger partial charge in [0.25, 0.3) is 0 Å². The van der Waals surface area contributed by atoms with Crippen molar-refractivity contribution < 1.29 is 14.3 Å². The van der Waals surface area contributed by atoms with E-state index in [0.29, 0.717) is 19.5 Å². The molecule has 0 saturated carbocycles. The van der Waals surface area contributed by atoms with Crippen LogP contribution < -0.4 is 0 Å². The first-order chi connectivity index (χ1) is 7.70. The van der Waals surface area contributed by atoms with E-state index in [2.05, 4.69) is 6.58 Å². The summed E-state index contributed by atoms with van der Waals surface area (Å²) in [6.07, 6.45) is 1.99. The van der Waals surface area contributed by atoms with Crippen LogP contribution >= 0.6 is 0 Å². The number of carbonyl (C=O) groups excluding carboxylic acids is 2. The Morgan fingerprint density at radius 1 is 1.41 bits per heavy atom. The number of ketones is 1. The molecule has 0 aliphatic carbocycles. The first kappa shape index (κ1) is 13.7. The second-order valence-electron chi connectivity index (χ2n) is 5.67. The Kier molecular flexibility index (Phi) is 3.65. The fraction of sp³-hybridized carbons (Fsp3) is 0.692. The third kappa shape index (κ3) is 3.08. The summed E-state index contributed by atoms with van der Waals surface area (Å²) in [6, 6.07) is 0. The van der Waals surface area contributed by atoms with E-state index in [-0.39, 0.29) is 11.9 Å². The highest BCUT2D eigenvalue weighted by molar-refractivity contribution is 5.86. The quantitative estimate of drug-likeness (QED) is 0.710. The summed E-state index contributed by atoms with van der Waals surface area (Å²) in [7, 11) is 0. The molecular formula is C13H21NO3. The summed E-state index contributed by atoms with van der Waals surface area (Å²) in [6.45, 7) is 11.6. The molecule has 0 bridgehead atoms. The van der Waals surface area contributed by atoms with Gasteiger partial charge in [-0.25, -0.2) is 4.79 Å². The van der Waals surface area contributed by atoms with E-state index < -0.39 is 11.0 Å². The number of carbonyl (C=O) groups is 2. The lowest BCUT2D eigenvalue weighted by atomic mass is 9.74. The molecule has 1 rings (SSSR count). The molecule has 1 aliphatic rings. The van der Waals surface area contributed by atoms with Crippen molar-refractivity contribution >= 4 is 11.9 Å². The molecule has 0 spiro atoms. The van der Waals surface area contributed by atoms with Crippen molar-refractivity contribution in [1.82, 2.24) is 4.90 Å². The number of Topliss-reactive ketones (excluding diaryl/α,β-unsaturated/α-hetero) is 1. The minimum absolute atomic E-state index is 0.109. The average Bonchev–Trinajstić information content (AvgIpc) is 2.06. The van der Waals surface area contributed by atoms with E-state index in [9.17, 15) is 9.59 Å². The topological polar surface area (TPSA) is 46.6 Å². The van der Waals surface area contributed by atoms with E-state index in [4.69, 9.17) is 4.74 Å². The molecule has 1 fully saturated rings. The molecule has 17 heavy (non-hydrogen) atoms. The molecule has 0 aromatic heterocycles. The Bertz CT molecular complexity index is 335. The van der Waals surface area contributed by atoms with E-state index in [1.54, 1.807) is 17.9 Å². The van der Waals surface area contributed by atoms with Gasteiger partial charge in [-0.3, -0.25) is 4.79 Å². The third-order valence-electron chi connectivity index (χ3n) is 2.92. The molecule has 0 aromatic rings. The number of nitrogens with zero attached hydrogens (tertiary/aromatic N) is 1. The van der Waals surface area contributed by atoms with Gasteiger partial charge in [-0.15, -0.1) is 6.58 Å². The monoisotopic (exact) mass is 239 g/mol. The zero-order valence-electron chi connectivity index (χ0n) is 11.1. The van der Waals surface area contributed by atoms with Crippen molar-refractivity contribution in [2.24, 2.45) is 5.41 Å². The standard InChI is InChI=1S/C13H21NO3/c1-6-7-13(10(2)15)8-14(9-13)11(16)17-12(3,4)5/h6H,1,7-9H2,2-5H3. The van der Waals surface area contributed by atoms with Gasteiger partial charge in [-0.2, -0.15) is 0 Å². The van der Waals surface area contributed by atoms with Gasteiger partial charge in [0.05, 0.1) is 5.41 Å². The summed E-state index contributed by atoms with van der Waals surface area (Å²) < 4.78 is 5.24. The van der Waals surface area contributed by atoms with Crippen LogP contribution in [0.2, 0.25) is 0 Å². The third-order valence-corrected chi connectivity index (χ3v) is 2.92. The number of ether oxygens (including phenoxy) is 1. The SMILES string of the molecule is C=CCC1(C(C)=O)CN(C(=O)OC(C)(C)C)C1. The van der Waals surface area contributed by atoms with E-state index >= 15 is 0 Å². The van der Waals surface area contributed by atoms with Crippen LogP contribution in [0.15, 0.2) is 12.7 Å². The first-order valence-electron chi connectivity index (χ1n) is 5.80. The Morgan fingerprint density at radius 3 is 2.29 bits per heavy atom. The normalized spacial score (nSPS) is 18.2. The molecule has 1 aliphatic heterocycles. The van der Waals surface area contributed by atoms with Crippen LogP contribution in [-0.4, -0.2) is 35.5 Å². The van der Waals surface area contributed by atoms with Gasteiger partial charge in [-0.05, 0) is 34.1 Å². The number of likely N-dealkylation sites (tertiary alicyclic amines) is 1. The summed E-state index contributed by atoms with van der Waals surface area (Å²) in [5, 5.41) is 0. The van der Waals surface area contributed by atoms with Gasteiger partial charge < -0.3 is 9.64 Å². The largest absolute Gasteiger partial charge is 0.444 e. The maximum absolute atomic E-state index is 11.7. The fourth-order valence-electron chi connectivity index (χ4n) is 1.91. The predicted molar refractivity (Wildman–Crippen MR) is 65.7 cm³/mol. The lowest BCUT2D eigenvalue weighted by Crippen LogP contribution is -2.62. The number of allylic oxidation sites excluding steroid dienone is 1. The number of rotatable bonds is 3. The zero-order valence-corrected chi connectivity index (χ0v) is 11.1. The molecule has 1 saturated heterocycles. The van der Waals surface area contributed by atoms with Crippen LogP contribution in [0.25, 0.3) is 0 Å². The molecule has 0 unspecified atom stereocenters. The van der Waals surface area contributed by atoms with Crippen molar-refractivity contribution in [3.63, 3.8) is 0 Å². The molecule has 1 heterocycles. The van der Waals surface area contributed by atoms with Crippen molar-refractivity contribution in [2.45, 2.75) is 39.7 Å². The number of amides is 1. The molecule has 0 aromatic carbocycles. The molecule has 4 heteroatoms. The molecule has 4 nitrogen and oxygen atoms in total. The number of hydrogen-bond donors (Lipinski definition) is 0. The Hall–Kier alpha value is -1.32. The van der Waals surface area contributed by atoms with Gasteiger partial charge in [0.2, 0.25) is 0 Å². The van der Waals surface area contributed by atoms with Gasteiger partial charge in [0.1, 0.15) is 11.4 Å². The minimum Gasteiger partial charge on any atom is -0.444 e. The maximum Gasteiger partial charge on any atom is 0.410 e. The molecular weight excluding hydrogens is 218 g/mol. The highest BCUT2D eigenvalue weighted by Crippen LogP contribution is 2.36. The van der Waals surface area contributed by atoms with E-state index in [0.717, 1.165) is 0 Å². The van der Waals surface area contributed by atoms with Gasteiger partial charge in [0.15, 0.2) is 0 Å². The second-order valence-corrected chi connectivity index (χ2v) is 5.67. The predicted octanol–water partition coefficient (Wildman–Crippen LogP) is 2.39. The minimum atomic E-state index is -0.496. The van der Waals surface area contributed by atoms with Crippen LogP contribution in [0.5, 0.6) is 0 Å². The Balaban J connectivity index is 2.57. The fourth-order valence-corrected chi connectivity index (χ4v) is 1.91. The van der Waals surface area contributed by atoms with Gasteiger partial charge >= 0.3 is 6.09 Å². The molecule has 0 atom stereocenters. The molecule has 1 amide bonds. The molecule has 96 valence electrons. The molecule has 0 radical (unpaired) electrons. The highest BCUT2D eigenvalue weighted by atomic mass is 16.6. The van der Waals surface area contributed by atoms with Crippen LogP contribution in [0.1, 0.15) is 34.1 Å². The van der Waals surface area contributed by atoms with Crippen molar-refractivity contribution in [3.8, 4) is 0 Å². The van der Waals surface area contributed by atoms with E-state index in [1.165, 1.54) is 0 Å². The zero-order chi connectivity index (χ0) is 13.3. The summed E-state index contributed by atoms with van der Waals surface area (Å²) in [4.78, 5) is 24.9. The molecule has 0 N–H and O–H groups in total. The van der Waals surface area contributed by atoms with Crippen molar-refractivity contribution in [2.75, 3.05) is 13.1 Å². The van der Waals surface area contributed by atoms with Crippen LogP contribution in [0.4, 0.5) is 4.79 Å². The number of hydrogen-bond acceptors (Lipinski definition) is 3. The second kappa shape index (κ2) is 4.51. The van der Waals surface area contributed by atoms with Gasteiger partial charge in [0, 0.05) is 13.1 Å². The lowest BCUT2D eigenvalue weighted by Gasteiger charge is -2.48. The Labute approximate surface area is 103 Å². The van der Waals surface area contributed by atoms with E-state index in [1.807, 2.05) is 20.8 Å². The summed E-state index contributed by atoms with van der Waals surface area (Å²) in [5.74, 6) is 0.109. The lowest BCUT2D eigenvalue weighted by molar-refractivity contribution is -0.135. The van der Waals surface area contributed by atoms with Gasteiger partial charge in [-0.1, -0.05) is 6.08 Å². The van der Waals surface area contributed by atoms with Crippen LogP contribution in [0.3, 0.4) is 0 Å². The van der Waals surface area contributed by atoms with Crippen LogP contribution in [-0.2, 0) is 9.53 Å². The maximum atomic E-state index is 11.7. The van der Waals surface area contributed by atoms with Crippen molar-refractivity contribution in [1.29, 1.82) is 0 Å². The van der Waals surface area contributed by atoms with Crippen LogP contribution in [0, 0.1) is 5.41 Å². The summed E-state index contributed by atoms with van der Waals surface area (Å²) in [5.41, 5.74) is -0.928. The first-order valence-corrected chi connectivity index (χ1v) is 5.80. The van der Waals surface area contributed by atoms with Crippen molar-refractivity contribution in [3.05, 3.63) is 12.7 Å². The Morgan fingerprint density at radius 2 is 1.94 bits per heavy atom. The highest BCUT2D eigenvalue weighted by Gasteiger charge is 2.48. The summed E-state index contributed by atoms with van der Waals surface area (Å²) >= 11 is 0. The average molecular weight is 239 g/mol.